The molecule has 0 saturated carbocycles. The SMILES string of the molecule is O=C(O)CCN(Cc1cnoc1)c1ccccc1. The van der Waals surface area contributed by atoms with Crippen LogP contribution >= 0.6 is 0 Å². The molecule has 1 aromatic heterocycles. The molecule has 5 heteroatoms. The fraction of sp³-hybridized carbons (Fsp3) is 0.231. The van der Waals surface area contributed by atoms with E-state index in [2.05, 4.69) is 5.16 Å². The van der Waals surface area contributed by atoms with Crippen LogP contribution in [0.25, 0.3) is 0 Å². The van der Waals surface area contributed by atoms with Gasteiger partial charge in [-0.1, -0.05) is 23.4 Å². The van der Waals surface area contributed by atoms with Gasteiger partial charge in [-0.15, -0.1) is 0 Å². The third kappa shape index (κ3) is 3.35. The van der Waals surface area contributed by atoms with Gasteiger partial charge in [-0.3, -0.25) is 4.79 Å². The summed E-state index contributed by atoms with van der Waals surface area (Å²) in [5.41, 5.74) is 1.91. The highest BCUT2D eigenvalue weighted by Gasteiger charge is 2.10. The minimum Gasteiger partial charge on any atom is -0.481 e. The number of para-hydroxylation sites is 1. The van der Waals surface area contributed by atoms with Gasteiger partial charge in [-0.05, 0) is 12.1 Å². The summed E-state index contributed by atoms with van der Waals surface area (Å²) in [6.45, 7) is 1.03. The molecule has 1 N–H and O–H groups in total. The third-order valence-corrected chi connectivity index (χ3v) is 2.57. The zero-order chi connectivity index (χ0) is 12.8. The lowest BCUT2D eigenvalue weighted by atomic mass is 10.2. The number of aliphatic carboxylic acids is 1. The predicted molar refractivity (Wildman–Crippen MR) is 66.2 cm³/mol. The average Bonchev–Trinajstić information content (AvgIpc) is 2.88. The Bertz CT molecular complexity index is 482. The molecule has 0 radical (unpaired) electrons. The molecule has 0 saturated heterocycles. The Labute approximate surface area is 105 Å². The quantitative estimate of drug-likeness (QED) is 0.846. The number of nitrogens with zero attached hydrogens (tertiary/aromatic N) is 2. The van der Waals surface area contributed by atoms with Crippen LogP contribution in [0.4, 0.5) is 5.69 Å². The standard InChI is InChI=1S/C13H14N2O3/c16-13(17)6-7-15(9-11-8-14-18-10-11)12-4-2-1-3-5-12/h1-5,8,10H,6-7,9H2,(H,16,17). The van der Waals surface area contributed by atoms with Gasteiger partial charge in [0.1, 0.15) is 6.26 Å². The maximum absolute atomic E-state index is 10.7. The molecular formula is C13H14N2O3. The molecule has 94 valence electrons. The largest absolute Gasteiger partial charge is 0.481 e. The van der Waals surface area contributed by atoms with E-state index in [0.29, 0.717) is 13.1 Å². The van der Waals surface area contributed by atoms with Crippen LogP contribution in [0.3, 0.4) is 0 Å². The van der Waals surface area contributed by atoms with Crippen molar-refractivity contribution in [1.82, 2.24) is 5.16 Å². The monoisotopic (exact) mass is 246 g/mol. The van der Waals surface area contributed by atoms with Gasteiger partial charge in [-0.25, -0.2) is 0 Å². The molecule has 0 bridgehead atoms. The van der Waals surface area contributed by atoms with E-state index in [-0.39, 0.29) is 6.42 Å². The number of carboxylic acid groups (broad SMARTS) is 1. The number of rotatable bonds is 6. The summed E-state index contributed by atoms with van der Waals surface area (Å²) in [5.74, 6) is -0.804. The average molecular weight is 246 g/mol. The van der Waals surface area contributed by atoms with Crippen molar-refractivity contribution in [2.75, 3.05) is 11.4 Å². The molecule has 18 heavy (non-hydrogen) atoms. The van der Waals surface area contributed by atoms with Crippen molar-refractivity contribution in [3.05, 3.63) is 48.4 Å². The van der Waals surface area contributed by atoms with Crippen LogP contribution in [0.5, 0.6) is 0 Å². The van der Waals surface area contributed by atoms with Crippen molar-refractivity contribution in [3.8, 4) is 0 Å². The molecule has 0 amide bonds. The Morgan fingerprint density at radius 2 is 2.11 bits per heavy atom. The van der Waals surface area contributed by atoms with Gasteiger partial charge in [0, 0.05) is 24.3 Å². The van der Waals surface area contributed by atoms with E-state index < -0.39 is 5.97 Å². The van der Waals surface area contributed by atoms with Gasteiger partial charge in [-0.2, -0.15) is 0 Å². The molecular weight excluding hydrogens is 232 g/mol. The molecule has 2 aromatic rings. The fourth-order valence-electron chi connectivity index (χ4n) is 1.69. The first-order chi connectivity index (χ1) is 8.75. The highest BCUT2D eigenvalue weighted by Crippen LogP contribution is 2.16. The van der Waals surface area contributed by atoms with E-state index in [0.717, 1.165) is 11.3 Å². The topological polar surface area (TPSA) is 66.6 Å². The van der Waals surface area contributed by atoms with Gasteiger partial charge in [0.2, 0.25) is 0 Å². The Hall–Kier alpha value is -2.30. The van der Waals surface area contributed by atoms with Gasteiger partial charge >= 0.3 is 5.97 Å². The summed E-state index contributed by atoms with van der Waals surface area (Å²) in [7, 11) is 0. The minimum atomic E-state index is -0.804. The Kier molecular flexibility index (Phi) is 3.96. The van der Waals surface area contributed by atoms with E-state index in [1.54, 1.807) is 12.5 Å². The number of carboxylic acids is 1. The first-order valence-electron chi connectivity index (χ1n) is 5.66. The molecule has 0 aliphatic rings. The Balaban J connectivity index is 2.10. The summed E-state index contributed by atoms with van der Waals surface area (Å²) in [5, 5.41) is 12.4. The predicted octanol–water partition coefficient (Wildman–Crippen LogP) is 2.16. The van der Waals surface area contributed by atoms with Crippen molar-refractivity contribution in [2.45, 2.75) is 13.0 Å². The van der Waals surface area contributed by atoms with Crippen molar-refractivity contribution >= 4 is 11.7 Å². The normalized spacial score (nSPS) is 10.2. The second kappa shape index (κ2) is 5.86. The third-order valence-electron chi connectivity index (χ3n) is 2.57. The van der Waals surface area contributed by atoms with Crippen LogP contribution in [-0.4, -0.2) is 22.8 Å². The summed E-state index contributed by atoms with van der Waals surface area (Å²) < 4.78 is 4.78. The summed E-state index contributed by atoms with van der Waals surface area (Å²) in [6, 6.07) is 9.69. The second-order valence-electron chi connectivity index (χ2n) is 3.93. The molecule has 0 unspecified atom stereocenters. The van der Waals surface area contributed by atoms with E-state index in [9.17, 15) is 4.79 Å². The number of carbonyl (C=O) groups is 1. The van der Waals surface area contributed by atoms with E-state index in [4.69, 9.17) is 9.63 Å². The maximum atomic E-state index is 10.7. The second-order valence-corrected chi connectivity index (χ2v) is 3.93. The molecule has 0 atom stereocenters. The van der Waals surface area contributed by atoms with Crippen molar-refractivity contribution in [2.24, 2.45) is 0 Å². The van der Waals surface area contributed by atoms with E-state index in [1.807, 2.05) is 35.2 Å². The van der Waals surface area contributed by atoms with E-state index >= 15 is 0 Å². The van der Waals surface area contributed by atoms with Gasteiger partial charge in [0.05, 0.1) is 12.6 Å². The number of aromatic nitrogens is 1. The van der Waals surface area contributed by atoms with Gasteiger partial charge < -0.3 is 14.5 Å². The van der Waals surface area contributed by atoms with Crippen molar-refractivity contribution in [3.63, 3.8) is 0 Å². The van der Waals surface area contributed by atoms with Crippen LogP contribution in [-0.2, 0) is 11.3 Å². The highest BCUT2D eigenvalue weighted by molar-refractivity contribution is 5.67. The Morgan fingerprint density at radius 3 is 2.72 bits per heavy atom. The molecule has 0 spiro atoms. The number of anilines is 1. The zero-order valence-corrected chi connectivity index (χ0v) is 9.82. The maximum Gasteiger partial charge on any atom is 0.305 e. The fourth-order valence-corrected chi connectivity index (χ4v) is 1.69. The van der Waals surface area contributed by atoms with Crippen LogP contribution in [0.2, 0.25) is 0 Å². The molecule has 0 aliphatic carbocycles. The lowest BCUT2D eigenvalue weighted by molar-refractivity contribution is -0.136. The highest BCUT2D eigenvalue weighted by atomic mass is 16.5. The molecule has 1 heterocycles. The van der Waals surface area contributed by atoms with Crippen molar-refractivity contribution in [1.29, 1.82) is 0 Å². The van der Waals surface area contributed by atoms with Crippen molar-refractivity contribution < 1.29 is 14.4 Å². The van der Waals surface area contributed by atoms with Crippen LogP contribution in [0.1, 0.15) is 12.0 Å². The van der Waals surface area contributed by atoms with Gasteiger partial charge in [0.25, 0.3) is 0 Å². The smallest absolute Gasteiger partial charge is 0.305 e. The lowest BCUT2D eigenvalue weighted by Gasteiger charge is -2.23. The first-order valence-corrected chi connectivity index (χ1v) is 5.66. The molecule has 0 aliphatic heterocycles. The number of benzene rings is 1. The van der Waals surface area contributed by atoms with Crippen LogP contribution in [0, 0.1) is 0 Å². The van der Waals surface area contributed by atoms with Crippen LogP contribution < -0.4 is 4.90 Å². The number of hydrogen-bond donors (Lipinski definition) is 1. The zero-order valence-electron chi connectivity index (χ0n) is 9.82. The molecule has 1 aromatic carbocycles. The summed E-state index contributed by atoms with van der Waals surface area (Å²) in [4.78, 5) is 12.7. The molecule has 5 nitrogen and oxygen atoms in total. The Morgan fingerprint density at radius 1 is 1.33 bits per heavy atom. The summed E-state index contributed by atoms with van der Waals surface area (Å²) >= 11 is 0. The lowest BCUT2D eigenvalue weighted by Crippen LogP contribution is -2.25. The number of hydrogen-bond acceptors (Lipinski definition) is 4. The van der Waals surface area contributed by atoms with Crippen LogP contribution in [0.15, 0.2) is 47.3 Å². The summed E-state index contributed by atoms with van der Waals surface area (Å²) in [6.07, 6.45) is 3.30. The first kappa shape index (κ1) is 12.2. The van der Waals surface area contributed by atoms with E-state index in [1.165, 1.54) is 0 Å². The molecule has 2 rings (SSSR count). The minimum absolute atomic E-state index is 0.0974. The molecule has 0 fully saturated rings. The van der Waals surface area contributed by atoms with Gasteiger partial charge in [0.15, 0.2) is 0 Å².